The topological polar surface area (TPSA) is 74.7 Å². The summed E-state index contributed by atoms with van der Waals surface area (Å²) < 4.78 is 0. The zero-order valence-electron chi connectivity index (χ0n) is 11.0. The Morgan fingerprint density at radius 2 is 1.89 bits per heavy atom. The maximum Gasteiger partial charge on any atom is 0.165 e. The highest BCUT2D eigenvalue weighted by Gasteiger charge is 2.07. The number of aryl methyl sites for hydroxylation is 1. The average molecular weight is 252 g/mol. The summed E-state index contributed by atoms with van der Waals surface area (Å²) in [5, 5.41) is 12.2. The van der Waals surface area contributed by atoms with Crippen LogP contribution in [0.2, 0.25) is 0 Å². The molecule has 1 unspecified atom stereocenters. The first-order valence-corrected chi connectivity index (χ1v) is 6.10. The van der Waals surface area contributed by atoms with E-state index < -0.39 is 0 Å². The Morgan fingerprint density at radius 3 is 2.53 bits per heavy atom. The van der Waals surface area contributed by atoms with Crippen molar-refractivity contribution in [2.45, 2.75) is 19.9 Å². The van der Waals surface area contributed by atoms with Gasteiger partial charge in [-0.1, -0.05) is 29.8 Å². The van der Waals surface area contributed by atoms with Gasteiger partial charge in [0.25, 0.3) is 0 Å². The minimum Gasteiger partial charge on any atom is -0.396 e. The number of aromatic nitrogens is 1. The molecule has 2 aromatic rings. The summed E-state index contributed by atoms with van der Waals surface area (Å²) in [6.45, 7) is 4.11. The van der Waals surface area contributed by atoms with E-state index in [-0.39, 0.29) is 11.7 Å². The molecule has 1 aromatic heterocycles. The summed E-state index contributed by atoms with van der Waals surface area (Å²) in [5.41, 5.74) is 8.70. The third-order valence-corrected chi connectivity index (χ3v) is 2.97. The molecule has 1 atom stereocenters. The van der Waals surface area contributed by atoms with Gasteiger partial charge < -0.3 is 11.1 Å². The van der Waals surface area contributed by atoms with E-state index in [1.165, 1.54) is 11.1 Å². The van der Waals surface area contributed by atoms with Crippen LogP contribution in [0.4, 0.5) is 11.5 Å². The number of hydrogen-bond acceptors (Lipinski definition) is 4. The zero-order chi connectivity index (χ0) is 13.8. The molecule has 0 aliphatic rings. The molecule has 19 heavy (non-hydrogen) atoms. The second-order valence-electron chi connectivity index (χ2n) is 4.52. The van der Waals surface area contributed by atoms with Crippen LogP contribution < -0.4 is 11.1 Å². The number of nitrogens with two attached hydrogens (primary N) is 1. The second-order valence-corrected chi connectivity index (χ2v) is 4.52. The summed E-state index contributed by atoms with van der Waals surface area (Å²) in [6.07, 6.45) is 0. The molecule has 0 saturated carbocycles. The summed E-state index contributed by atoms with van der Waals surface area (Å²) in [5.74, 6) is 0.652. The Morgan fingerprint density at radius 1 is 1.21 bits per heavy atom. The molecule has 96 valence electrons. The Balaban J connectivity index is 2.17. The van der Waals surface area contributed by atoms with Crippen molar-refractivity contribution in [1.82, 2.24) is 4.98 Å². The highest BCUT2D eigenvalue weighted by Crippen LogP contribution is 2.20. The van der Waals surface area contributed by atoms with Crippen LogP contribution in [-0.2, 0) is 0 Å². The third kappa shape index (κ3) is 3.02. The number of hydrogen-bond donors (Lipinski definition) is 2. The van der Waals surface area contributed by atoms with E-state index >= 15 is 0 Å². The maximum absolute atomic E-state index is 8.90. The van der Waals surface area contributed by atoms with Crippen molar-refractivity contribution in [2.75, 3.05) is 11.1 Å². The summed E-state index contributed by atoms with van der Waals surface area (Å²) in [6, 6.07) is 13.9. The van der Waals surface area contributed by atoms with Crippen molar-refractivity contribution in [2.24, 2.45) is 0 Å². The fraction of sp³-hybridized carbons (Fsp3) is 0.200. The molecule has 2 rings (SSSR count). The van der Waals surface area contributed by atoms with Gasteiger partial charge in [-0.2, -0.15) is 5.26 Å². The predicted molar refractivity (Wildman–Crippen MR) is 76.6 cm³/mol. The third-order valence-electron chi connectivity index (χ3n) is 2.97. The van der Waals surface area contributed by atoms with E-state index in [0.717, 1.165) is 0 Å². The van der Waals surface area contributed by atoms with Crippen molar-refractivity contribution in [3.8, 4) is 6.07 Å². The van der Waals surface area contributed by atoms with Gasteiger partial charge in [-0.25, -0.2) is 4.98 Å². The second kappa shape index (κ2) is 5.40. The number of rotatable bonds is 3. The highest BCUT2D eigenvalue weighted by atomic mass is 15.0. The van der Waals surface area contributed by atoms with Crippen LogP contribution in [0.3, 0.4) is 0 Å². The molecular formula is C15H16N4. The first-order chi connectivity index (χ1) is 9.10. The number of benzene rings is 1. The number of nitrogen functional groups attached to an aromatic ring is 1. The van der Waals surface area contributed by atoms with Crippen LogP contribution in [0.5, 0.6) is 0 Å². The average Bonchev–Trinajstić information content (AvgIpc) is 2.41. The predicted octanol–water partition coefficient (Wildman–Crippen LogP) is 3.02. The van der Waals surface area contributed by atoms with E-state index in [1.54, 1.807) is 12.1 Å². The molecule has 4 heteroatoms. The lowest BCUT2D eigenvalue weighted by Gasteiger charge is -2.15. The number of nitriles is 1. The van der Waals surface area contributed by atoms with Gasteiger partial charge in [0.15, 0.2) is 5.69 Å². The van der Waals surface area contributed by atoms with Gasteiger partial charge in [0.1, 0.15) is 11.9 Å². The fourth-order valence-corrected chi connectivity index (χ4v) is 1.80. The number of nitrogens with zero attached hydrogens (tertiary/aromatic N) is 2. The monoisotopic (exact) mass is 252 g/mol. The molecular weight excluding hydrogens is 236 g/mol. The Labute approximate surface area is 112 Å². The van der Waals surface area contributed by atoms with Gasteiger partial charge in [0, 0.05) is 6.04 Å². The molecule has 0 spiro atoms. The molecule has 1 aromatic carbocycles. The Bertz CT molecular complexity index is 611. The van der Waals surface area contributed by atoms with E-state index in [2.05, 4.69) is 48.4 Å². The zero-order valence-corrected chi connectivity index (χ0v) is 11.0. The van der Waals surface area contributed by atoms with Crippen molar-refractivity contribution < 1.29 is 0 Å². The quantitative estimate of drug-likeness (QED) is 0.880. The van der Waals surface area contributed by atoms with Crippen LogP contribution in [0.25, 0.3) is 0 Å². The summed E-state index contributed by atoms with van der Waals surface area (Å²) in [7, 11) is 0. The van der Waals surface area contributed by atoms with Crippen LogP contribution >= 0.6 is 0 Å². The smallest absolute Gasteiger partial charge is 0.165 e. The lowest BCUT2D eigenvalue weighted by molar-refractivity contribution is 0.873. The Hall–Kier alpha value is -2.54. The number of nitrogens with one attached hydrogen (secondary N) is 1. The van der Waals surface area contributed by atoms with Crippen LogP contribution in [0, 0.1) is 18.3 Å². The normalized spacial score (nSPS) is 11.6. The molecule has 0 aliphatic carbocycles. The molecule has 3 N–H and O–H groups in total. The first-order valence-electron chi connectivity index (χ1n) is 6.10. The molecule has 0 fully saturated rings. The molecule has 0 bridgehead atoms. The molecule has 4 nitrogen and oxygen atoms in total. The largest absolute Gasteiger partial charge is 0.396 e. The minimum absolute atomic E-state index is 0.114. The highest BCUT2D eigenvalue weighted by molar-refractivity contribution is 5.55. The summed E-state index contributed by atoms with van der Waals surface area (Å²) >= 11 is 0. The molecule has 0 amide bonds. The van der Waals surface area contributed by atoms with E-state index in [0.29, 0.717) is 11.5 Å². The molecule has 0 radical (unpaired) electrons. The van der Waals surface area contributed by atoms with Gasteiger partial charge in [0.05, 0.1) is 5.69 Å². The first kappa shape index (κ1) is 12.9. The summed E-state index contributed by atoms with van der Waals surface area (Å²) in [4.78, 5) is 4.18. The lowest BCUT2D eigenvalue weighted by Crippen LogP contribution is -2.09. The van der Waals surface area contributed by atoms with Crippen molar-refractivity contribution in [3.05, 3.63) is 53.2 Å². The van der Waals surface area contributed by atoms with Crippen molar-refractivity contribution in [1.29, 1.82) is 5.26 Å². The van der Waals surface area contributed by atoms with E-state index in [9.17, 15) is 0 Å². The SMILES string of the molecule is Cc1ccc(C(C)Nc2ccc(N)c(C#N)n2)cc1. The van der Waals surface area contributed by atoms with Gasteiger partial charge >= 0.3 is 0 Å². The van der Waals surface area contributed by atoms with Crippen molar-refractivity contribution in [3.63, 3.8) is 0 Å². The van der Waals surface area contributed by atoms with Gasteiger partial charge in [0.2, 0.25) is 0 Å². The number of anilines is 2. The van der Waals surface area contributed by atoms with Gasteiger partial charge in [-0.3, -0.25) is 0 Å². The number of pyridine rings is 1. The molecule has 0 saturated heterocycles. The minimum atomic E-state index is 0.114. The van der Waals surface area contributed by atoms with Crippen LogP contribution in [0.15, 0.2) is 36.4 Å². The molecule has 1 heterocycles. The molecule has 0 aliphatic heterocycles. The standard InChI is InChI=1S/C15H16N4/c1-10-3-5-12(6-4-10)11(2)18-15-8-7-13(17)14(9-16)19-15/h3-8,11H,17H2,1-2H3,(H,18,19). The fourth-order valence-electron chi connectivity index (χ4n) is 1.80. The lowest BCUT2D eigenvalue weighted by atomic mass is 10.1. The van der Waals surface area contributed by atoms with Crippen molar-refractivity contribution >= 4 is 11.5 Å². The Kier molecular flexibility index (Phi) is 3.67. The van der Waals surface area contributed by atoms with Gasteiger partial charge in [-0.05, 0) is 31.5 Å². The van der Waals surface area contributed by atoms with Gasteiger partial charge in [-0.15, -0.1) is 0 Å². The maximum atomic E-state index is 8.90. The van der Waals surface area contributed by atoms with Crippen LogP contribution in [0.1, 0.15) is 29.8 Å². The van der Waals surface area contributed by atoms with Crippen LogP contribution in [-0.4, -0.2) is 4.98 Å². The van der Waals surface area contributed by atoms with E-state index in [1.807, 2.05) is 6.07 Å². The van der Waals surface area contributed by atoms with E-state index in [4.69, 9.17) is 11.0 Å².